The average molecular weight is 238 g/mol. The fourth-order valence-electron chi connectivity index (χ4n) is 3.04. The molecule has 1 N–H and O–H groups in total. The summed E-state index contributed by atoms with van der Waals surface area (Å²) in [5, 5.41) is 10.9. The zero-order chi connectivity index (χ0) is 12.8. The summed E-state index contributed by atoms with van der Waals surface area (Å²) in [4.78, 5) is 0. The molecule has 1 heteroatoms. The second-order valence-corrected chi connectivity index (χ2v) is 5.53. The van der Waals surface area contributed by atoms with E-state index in [1.807, 2.05) is 12.1 Å². The van der Waals surface area contributed by atoms with E-state index in [-0.39, 0.29) is 0 Å². The lowest BCUT2D eigenvalue weighted by Gasteiger charge is -2.24. The average Bonchev–Trinajstić information content (AvgIpc) is 2.65. The fourth-order valence-corrected chi connectivity index (χ4v) is 3.04. The Labute approximate surface area is 108 Å². The normalized spacial score (nSPS) is 16.6. The third-order valence-electron chi connectivity index (χ3n) is 3.84. The van der Waals surface area contributed by atoms with Gasteiger partial charge in [0.1, 0.15) is 0 Å². The first-order valence-electron chi connectivity index (χ1n) is 6.45. The van der Waals surface area contributed by atoms with Crippen molar-refractivity contribution in [1.82, 2.24) is 0 Å². The highest BCUT2D eigenvalue weighted by Gasteiger charge is 2.36. The quantitative estimate of drug-likeness (QED) is 0.808. The van der Waals surface area contributed by atoms with E-state index in [2.05, 4.69) is 44.2 Å². The molecular formula is C17H18O. The number of fused-ring (bicyclic) bond motifs is 1. The molecule has 0 unspecified atom stereocenters. The van der Waals surface area contributed by atoms with Crippen molar-refractivity contribution in [3.63, 3.8) is 0 Å². The summed E-state index contributed by atoms with van der Waals surface area (Å²) < 4.78 is 0. The molecular weight excluding hydrogens is 220 g/mol. The minimum atomic E-state index is -0.722. The maximum Gasteiger partial charge on any atom is 0.0977 e. The van der Waals surface area contributed by atoms with Crippen LogP contribution in [0.15, 0.2) is 42.5 Å². The predicted octanol–water partition coefficient (Wildman–Crippen LogP) is 3.29. The first-order valence-corrected chi connectivity index (χ1v) is 6.45. The summed E-state index contributed by atoms with van der Waals surface area (Å²) in [6.07, 6.45) is 1.46. The summed E-state index contributed by atoms with van der Waals surface area (Å²) in [5.41, 5.74) is 5.32. The monoisotopic (exact) mass is 238 g/mol. The van der Waals surface area contributed by atoms with Gasteiger partial charge in [-0.15, -0.1) is 0 Å². The van der Waals surface area contributed by atoms with Crippen molar-refractivity contribution in [3.8, 4) is 0 Å². The molecule has 0 amide bonds. The molecule has 0 aromatic heterocycles. The Morgan fingerprint density at radius 3 is 1.89 bits per heavy atom. The molecule has 1 aliphatic rings. The van der Waals surface area contributed by atoms with Gasteiger partial charge in [0.15, 0.2) is 0 Å². The molecule has 3 rings (SSSR count). The van der Waals surface area contributed by atoms with Gasteiger partial charge in [-0.05, 0) is 30.5 Å². The molecule has 1 nitrogen and oxygen atoms in total. The van der Waals surface area contributed by atoms with E-state index in [1.54, 1.807) is 0 Å². The van der Waals surface area contributed by atoms with E-state index < -0.39 is 5.60 Å². The lowest BCUT2D eigenvalue weighted by atomic mass is 9.89. The Hall–Kier alpha value is -1.60. The van der Waals surface area contributed by atoms with Gasteiger partial charge in [-0.25, -0.2) is 0 Å². The van der Waals surface area contributed by atoms with Crippen molar-refractivity contribution >= 4 is 0 Å². The van der Waals surface area contributed by atoms with Gasteiger partial charge in [0, 0.05) is 12.8 Å². The minimum Gasteiger partial charge on any atom is -0.384 e. The Morgan fingerprint density at radius 1 is 0.889 bits per heavy atom. The number of benzene rings is 2. The van der Waals surface area contributed by atoms with Gasteiger partial charge in [0.25, 0.3) is 0 Å². The Kier molecular flexibility index (Phi) is 2.53. The molecule has 0 aliphatic heterocycles. The highest BCUT2D eigenvalue weighted by atomic mass is 16.3. The highest BCUT2D eigenvalue weighted by molar-refractivity contribution is 5.42. The Morgan fingerprint density at radius 2 is 1.39 bits per heavy atom. The molecule has 0 atom stereocenters. The highest BCUT2D eigenvalue weighted by Crippen LogP contribution is 2.38. The second-order valence-electron chi connectivity index (χ2n) is 5.53. The molecule has 18 heavy (non-hydrogen) atoms. The maximum atomic E-state index is 10.9. The third-order valence-corrected chi connectivity index (χ3v) is 3.84. The van der Waals surface area contributed by atoms with Gasteiger partial charge in [0.2, 0.25) is 0 Å². The zero-order valence-corrected chi connectivity index (χ0v) is 10.9. The molecule has 92 valence electrons. The van der Waals surface area contributed by atoms with Crippen molar-refractivity contribution in [2.45, 2.75) is 32.3 Å². The summed E-state index contributed by atoms with van der Waals surface area (Å²) in [6, 6.07) is 14.7. The summed E-state index contributed by atoms with van der Waals surface area (Å²) in [6.45, 7) is 4.17. The fraction of sp³-hybridized carbons (Fsp3) is 0.294. The van der Waals surface area contributed by atoms with E-state index in [9.17, 15) is 5.11 Å². The molecule has 0 fully saturated rings. The number of aliphatic hydroxyl groups is 1. The van der Waals surface area contributed by atoms with Crippen LogP contribution in [0.3, 0.4) is 0 Å². The van der Waals surface area contributed by atoms with Gasteiger partial charge in [-0.2, -0.15) is 0 Å². The molecule has 0 heterocycles. The largest absolute Gasteiger partial charge is 0.384 e. The summed E-state index contributed by atoms with van der Waals surface area (Å²) in [7, 11) is 0. The van der Waals surface area contributed by atoms with Crippen LogP contribution in [0.1, 0.15) is 27.8 Å². The molecule has 0 bridgehead atoms. The molecule has 0 radical (unpaired) electrons. The van der Waals surface area contributed by atoms with Crippen LogP contribution in [-0.2, 0) is 18.4 Å². The van der Waals surface area contributed by atoms with Crippen molar-refractivity contribution in [2.75, 3.05) is 0 Å². The lowest BCUT2D eigenvalue weighted by molar-refractivity contribution is 0.0481. The lowest BCUT2D eigenvalue weighted by Crippen LogP contribution is -2.26. The van der Waals surface area contributed by atoms with Gasteiger partial charge < -0.3 is 5.11 Å². The molecule has 1 aliphatic carbocycles. The van der Waals surface area contributed by atoms with Crippen LogP contribution in [0, 0.1) is 13.8 Å². The van der Waals surface area contributed by atoms with E-state index in [0.717, 1.165) is 18.4 Å². The van der Waals surface area contributed by atoms with Crippen LogP contribution >= 0.6 is 0 Å². The number of aryl methyl sites for hydroxylation is 2. The van der Waals surface area contributed by atoms with Crippen LogP contribution in [0.25, 0.3) is 0 Å². The van der Waals surface area contributed by atoms with Gasteiger partial charge in [0.05, 0.1) is 5.60 Å². The maximum absolute atomic E-state index is 10.9. The standard InChI is InChI=1S/C17H18O/c1-12-7-13(2)9-16(8-12)17(18)10-14-5-3-4-6-15(14)11-17/h3-9,18H,10-11H2,1-2H3. The molecule has 2 aromatic rings. The van der Waals surface area contributed by atoms with Crippen LogP contribution in [0.5, 0.6) is 0 Å². The third kappa shape index (κ3) is 1.85. The topological polar surface area (TPSA) is 20.2 Å². The predicted molar refractivity (Wildman–Crippen MR) is 73.7 cm³/mol. The minimum absolute atomic E-state index is 0.722. The SMILES string of the molecule is Cc1cc(C)cc(C2(O)Cc3ccccc3C2)c1. The van der Waals surface area contributed by atoms with E-state index in [1.165, 1.54) is 22.3 Å². The summed E-state index contributed by atoms with van der Waals surface area (Å²) in [5.74, 6) is 0. The van der Waals surface area contributed by atoms with E-state index >= 15 is 0 Å². The van der Waals surface area contributed by atoms with Crippen LogP contribution in [0.4, 0.5) is 0 Å². The van der Waals surface area contributed by atoms with Crippen molar-refractivity contribution in [2.24, 2.45) is 0 Å². The van der Waals surface area contributed by atoms with Crippen LogP contribution < -0.4 is 0 Å². The second kappa shape index (κ2) is 3.96. The smallest absolute Gasteiger partial charge is 0.0977 e. The van der Waals surface area contributed by atoms with Gasteiger partial charge in [-0.1, -0.05) is 53.6 Å². The molecule has 0 spiro atoms. The number of hydrogen-bond donors (Lipinski definition) is 1. The number of rotatable bonds is 1. The first kappa shape index (κ1) is 11.5. The van der Waals surface area contributed by atoms with E-state index in [0.29, 0.717) is 0 Å². The van der Waals surface area contributed by atoms with Crippen molar-refractivity contribution < 1.29 is 5.11 Å². The Bertz CT molecular complexity index is 553. The Balaban J connectivity index is 2.03. The van der Waals surface area contributed by atoms with Crippen molar-refractivity contribution in [3.05, 3.63) is 70.3 Å². The summed E-state index contributed by atoms with van der Waals surface area (Å²) >= 11 is 0. The van der Waals surface area contributed by atoms with Crippen LogP contribution in [0.2, 0.25) is 0 Å². The zero-order valence-electron chi connectivity index (χ0n) is 10.9. The first-order chi connectivity index (χ1) is 8.57. The molecule has 0 saturated heterocycles. The van der Waals surface area contributed by atoms with E-state index in [4.69, 9.17) is 0 Å². The van der Waals surface area contributed by atoms with Gasteiger partial charge in [-0.3, -0.25) is 0 Å². The molecule has 2 aromatic carbocycles. The number of hydrogen-bond acceptors (Lipinski definition) is 1. The van der Waals surface area contributed by atoms with Crippen LogP contribution in [-0.4, -0.2) is 5.11 Å². The van der Waals surface area contributed by atoms with Gasteiger partial charge >= 0.3 is 0 Å². The van der Waals surface area contributed by atoms with Crippen molar-refractivity contribution in [1.29, 1.82) is 0 Å². The molecule has 0 saturated carbocycles.